The number of halogens is 1. The summed E-state index contributed by atoms with van der Waals surface area (Å²) in [6.45, 7) is 0. The van der Waals surface area contributed by atoms with Gasteiger partial charge in [-0.2, -0.15) is 10.2 Å². The average Bonchev–Trinajstić information content (AvgIpc) is 2.48. The number of nitrogens with zero attached hydrogens (tertiary/aromatic N) is 2. The summed E-state index contributed by atoms with van der Waals surface area (Å²) < 4.78 is 12.7. The predicted molar refractivity (Wildman–Crippen MR) is 75.9 cm³/mol. The molecule has 0 fully saturated rings. The number of carbonyl (C=O) groups is 1. The maximum atomic E-state index is 12.7. The third-order valence-electron chi connectivity index (χ3n) is 2.64. The van der Waals surface area contributed by atoms with Gasteiger partial charge in [-0.25, -0.2) is 19.7 Å². The van der Waals surface area contributed by atoms with E-state index in [-0.39, 0.29) is 24.4 Å². The van der Waals surface area contributed by atoms with Gasteiger partial charge in [0.05, 0.1) is 6.21 Å². The Labute approximate surface area is 123 Å². The van der Waals surface area contributed by atoms with E-state index >= 15 is 0 Å². The number of aryl methyl sites for hydroxylation is 1. The largest absolute Gasteiger partial charge is 0.342 e. The molecule has 0 saturated carbocycles. The molecule has 1 heterocycles. The van der Waals surface area contributed by atoms with Gasteiger partial charge < -0.3 is 0 Å². The first-order chi connectivity index (χ1) is 10.5. The van der Waals surface area contributed by atoms with Gasteiger partial charge in [0.25, 0.3) is 5.56 Å². The zero-order valence-electron chi connectivity index (χ0n) is 11.3. The first-order valence-corrected chi connectivity index (χ1v) is 6.30. The van der Waals surface area contributed by atoms with Crippen LogP contribution in [0.1, 0.15) is 17.7 Å². The third kappa shape index (κ3) is 4.47. The number of benzene rings is 1. The molecule has 0 bridgehead atoms. The number of amides is 1. The van der Waals surface area contributed by atoms with Crippen molar-refractivity contribution in [3.8, 4) is 0 Å². The van der Waals surface area contributed by atoms with E-state index in [1.54, 1.807) is 0 Å². The first kappa shape index (κ1) is 15.3. The van der Waals surface area contributed by atoms with Gasteiger partial charge in [0.1, 0.15) is 11.5 Å². The van der Waals surface area contributed by atoms with Gasteiger partial charge in [0, 0.05) is 12.8 Å². The van der Waals surface area contributed by atoms with Crippen molar-refractivity contribution in [1.29, 1.82) is 0 Å². The van der Waals surface area contributed by atoms with Gasteiger partial charge in [-0.1, -0.05) is 12.1 Å². The fraction of sp³-hybridized carbons (Fsp3) is 0.154. The molecule has 0 aliphatic rings. The average molecular weight is 305 g/mol. The zero-order valence-corrected chi connectivity index (χ0v) is 11.3. The Kier molecular flexibility index (Phi) is 4.91. The molecule has 1 aromatic heterocycles. The number of hydrogen-bond acceptors (Lipinski definition) is 5. The van der Waals surface area contributed by atoms with Crippen molar-refractivity contribution in [2.45, 2.75) is 12.8 Å². The zero-order chi connectivity index (χ0) is 15.9. The molecule has 22 heavy (non-hydrogen) atoms. The maximum absolute atomic E-state index is 12.7. The molecule has 0 atom stereocenters. The first-order valence-electron chi connectivity index (χ1n) is 6.30. The van der Waals surface area contributed by atoms with Crippen LogP contribution in [-0.4, -0.2) is 27.3 Å². The van der Waals surface area contributed by atoms with E-state index in [1.165, 1.54) is 30.5 Å². The molecule has 0 aliphatic heterocycles. The molecule has 114 valence electrons. The SMILES string of the molecule is O=C(CCc1n[nH]c(=O)[nH]c1=O)N/N=C/c1ccc(F)cc1. The van der Waals surface area contributed by atoms with Crippen LogP contribution >= 0.6 is 0 Å². The topological polar surface area (TPSA) is 120 Å². The molecule has 2 rings (SSSR count). The molecular formula is C13H12FN5O3. The quantitative estimate of drug-likeness (QED) is 0.518. The number of H-pyrrole nitrogens is 2. The molecule has 8 nitrogen and oxygen atoms in total. The van der Waals surface area contributed by atoms with Crippen molar-refractivity contribution in [2.75, 3.05) is 0 Å². The number of carbonyl (C=O) groups excluding carboxylic acids is 1. The lowest BCUT2D eigenvalue weighted by atomic mass is 10.2. The smallest absolute Gasteiger partial charge is 0.273 e. The molecule has 3 N–H and O–H groups in total. The van der Waals surface area contributed by atoms with Gasteiger partial charge in [-0.05, 0) is 17.7 Å². The second kappa shape index (κ2) is 7.07. The number of hydrazone groups is 1. The van der Waals surface area contributed by atoms with Gasteiger partial charge in [0.15, 0.2) is 0 Å². The minimum absolute atomic E-state index is 0.0249. The normalized spacial score (nSPS) is 10.8. The lowest BCUT2D eigenvalue weighted by molar-refractivity contribution is -0.121. The summed E-state index contributed by atoms with van der Waals surface area (Å²) in [4.78, 5) is 35.7. The van der Waals surface area contributed by atoms with E-state index < -0.39 is 17.2 Å². The maximum Gasteiger partial charge on any atom is 0.342 e. The number of aromatic amines is 2. The van der Waals surface area contributed by atoms with Crippen LogP contribution in [0.3, 0.4) is 0 Å². The van der Waals surface area contributed by atoms with Crippen molar-refractivity contribution in [3.05, 3.63) is 62.2 Å². The highest BCUT2D eigenvalue weighted by molar-refractivity contribution is 5.82. The highest BCUT2D eigenvalue weighted by Gasteiger charge is 2.06. The summed E-state index contributed by atoms with van der Waals surface area (Å²) in [6, 6.07) is 5.57. The van der Waals surface area contributed by atoms with Gasteiger partial charge in [-0.3, -0.25) is 14.6 Å². The molecule has 1 aromatic carbocycles. The lowest BCUT2D eigenvalue weighted by Gasteiger charge is -1.99. The Bertz CT molecular complexity index is 794. The van der Waals surface area contributed by atoms with Crippen LogP contribution in [0.5, 0.6) is 0 Å². The van der Waals surface area contributed by atoms with Crippen molar-refractivity contribution in [2.24, 2.45) is 5.10 Å². The Hall–Kier alpha value is -3.10. The molecule has 2 aromatic rings. The summed E-state index contributed by atoms with van der Waals surface area (Å²) in [6.07, 6.45) is 1.40. The van der Waals surface area contributed by atoms with Crippen molar-refractivity contribution in [1.82, 2.24) is 20.6 Å². The second-order valence-electron chi connectivity index (χ2n) is 4.30. The van der Waals surface area contributed by atoms with E-state index in [0.29, 0.717) is 5.56 Å². The van der Waals surface area contributed by atoms with E-state index in [2.05, 4.69) is 20.7 Å². The summed E-state index contributed by atoms with van der Waals surface area (Å²) >= 11 is 0. The van der Waals surface area contributed by atoms with Gasteiger partial charge in [-0.15, -0.1) is 0 Å². The standard InChI is InChI=1S/C13H12FN5O3/c14-9-3-1-8(2-4-9)7-15-18-11(20)6-5-10-12(21)16-13(22)19-17-10/h1-4,7H,5-6H2,(H,18,20)(H2,16,19,21,22)/b15-7+. The number of hydrogen-bond donors (Lipinski definition) is 3. The summed E-state index contributed by atoms with van der Waals surface area (Å²) in [5.74, 6) is -0.787. The molecule has 0 saturated heterocycles. The molecule has 0 unspecified atom stereocenters. The highest BCUT2D eigenvalue weighted by Crippen LogP contribution is 1.99. The van der Waals surface area contributed by atoms with Crippen LogP contribution in [0, 0.1) is 5.82 Å². The van der Waals surface area contributed by atoms with Crippen molar-refractivity contribution >= 4 is 12.1 Å². The molecule has 9 heteroatoms. The number of rotatable bonds is 5. The Balaban J connectivity index is 1.84. The van der Waals surface area contributed by atoms with Crippen LogP contribution in [0.15, 0.2) is 39.0 Å². The summed E-state index contributed by atoms with van der Waals surface area (Å²) in [5.41, 5.74) is 1.61. The van der Waals surface area contributed by atoms with Crippen LogP contribution in [0.2, 0.25) is 0 Å². The predicted octanol–water partition coefficient (Wildman–Crippen LogP) is -0.320. The van der Waals surface area contributed by atoms with Crippen LogP contribution in [0.25, 0.3) is 0 Å². The number of aromatic nitrogens is 3. The van der Waals surface area contributed by atoms with E-state index in [1.807, 2.05) is 4.98 Å². The minimum Gasteiger partial charge on any atom is -0.273 e. The van der Waals surface area contributed by atoms with Gasteiger partial charge in [0.2, 0.25) is 5.91 Å². The minimum atomic E-state index is -0.706. The van der Waals surface area contributed by atoms with Crippen LogP contribution in [0.4, 0.5) is 4.39 Å². The summed E-state index contributed by atoms with van der Waals surface area (Å²) in [5, 5.41) is 9.34. The summed E-state index contributed by atoms with van der Waals surface area (Å²) in [7, 11) is 0. The number of nitrogens with one attached hydrogen (secondary N) is 3. The lowest BCUT2D eigenvalue weighted by Crippen LogP contribution is -2.28. The fourth-order valence-corrected chi connectivity index (χ4v) is 1.56. The fourth-order valence-electron chi connectivity index (χ4n) is 1.56. The Morgan fingerprint density at radius 2 is 2.05 bits per heavy atom. The van der Waals surface area contributed by atoms with Crippen LogP contribution < -0.4 is 16.7 Å². The second-order valence-corrected chi connectivity index (χ2v) is 4.30. The van der Waals surface area contributed by atoms with E-state index in [4.69, 9.17) is 0 Å². The van der Waals surface area contributed by atoms with E-state index in [0.717, 1.165) is 0 Å². The highest BCUT2D eigenvalue weighted by atomic mass is 19.1. The van der Waals surface area contributed by atoms with Gasteiger partial charge >= 0.3 is 5.69 Å². The Morgan fingerprint density at radius 1 is 1.32 bits per heavy atom. The van der Waals surface area contributed by atoms with Crippen molar-refractivity contribution in [3.63, 3.8) is 0 Å². The van der Waals surface area contributed by atoms with Crippen LogP contribution in [-0.2, 0) is 11.2 Å². The van der Waals surface area contributed by atoms with E-state index in [9.17, 15) is 18.8 Å². The molecule has 0 aliphatic carbocycles. The molecule has 0 radical (unpaired) electrons. The monoisotopic (exact) mass is 305 g/mol. The Morgan fingerprint density at radius 3 is 2.73 bits per heavy atom. The van der Waals surface area contributed by atoms with Crippen molar-refractivity contribution < 1.29 is 9.18 Å². The molecule has 0 spiro atoms. The molecule has 1 amide bonds. The molecular weight excluding hydrogens is 293 g/mol. The third-order valence-corrected chi connectivity index (χ3v) is 2.64.